The highest BCUT2D eigenvalue weighted by molar-refractivity contribution is 9.10. The Hall–Kier alpha value is -0.160. The third kappa shape index (κ3) is 2.68. The number of rotatable bonds is 4. The van der Waals surface area contributed by atoms with Crippen LogP contribution in [0.2, 0.25) is 0 Å². The Labute approximate surface area is 130 Å². The topological polar surface area (TPSA) is 27.8 Å². The molecule has 1 aromatic heterocycles. The molecular weight excluding hydrogens is 344 g/mol. The van der Waals surface area contributed by atoms with Crippen LogP contribution in [-0.4, -0.2) is 23.2 Å². The van der Waals surface area contributed by atoms with Crippen LogP contribution in [0.5, 0.6) is 0 Å². The lowest BCUT2D eigenvalue weighted by atomic mass is 10.1. The minimum atomic E-state index is 0.728. The maximum atomic E-state index is 5.77. The molecule has 3 rings (SSSR count). The Morgan fingerprint density at radius 2 is 2.26 bits per heavy atom. The molecule has 19 heavy (non-hydrogen) atoms. The number of hydrogen-bond acceptors (Lipinski definition) is 2. The highest BCUT2D eigenvalue weighted by Crippen LogP contribution is 2.37. The fourth-order valence-corrected chi connectivity index (χ4v) is 4.50. The van der Waals surface area contributed by atoms with Crippen LogP contribution in [0.25, 0.3) is 10.9 Å². The largest absolute Gasteiger partial charge is 0.357 e. The van der Waals surface area contributed by atoms with Crippen LogP contribution < -0.4 is 5.32 Å². The van der Waals surface area contributed by atoms with Gasteiger partial charge in [0.1, 0.15) is 0 Å². The van der Waals surface area contributed by atoms with Gasteiger partial charge in [-0.3, -0.25) is 0 Å². The van der Waals surface area contributed by atoms with E-state index >= 15 is 0 Å². The van der Waals surface area contributed by atoms with Crippen molar-refractivity contribution in [1.29, 1.82) is 0 Å². The number of alkyl halides is 1. The van der Waals surface area contributed by atoms with Crippen molar-refractivity contribution in [3.63, 3.8) is 0 Å². The maximum Gasteiger partial charge on any atom is 0.0609 e. The average Bonchev–Trinajstić information content (AvgIpc) is 2.80. The smallest absolute Gasteiger partial charge is 0.0609 e. The molecule has 2 nitrogen and oxygen atoms in total. The van der Waals surface area contributed by atoms with Gasteiger partial charge in [0.15, 0.2) is 0 Å². The van der Waals surface area contributed by atoms with Gasteiger partial charge in [-0.25, -0.2) is 0 Å². The Morgan fingerprint density at radius 1 is 1.37 bits per heavy atom. The number of aromatic amines is 1. The second-order valence-corrected chi connectivity index (χ2v) is 7.04. The summed E-state index contributed by atoms with van der Waals surface area (Å²) in [6.45, 7) is 2.04. The first-order valence-electron chi connectivity index (χ1n) is 6.52. The normalized spacial score (nSPS) is 14.8. The SMILES string of the molecule is ClCCCSc1c(Br)ccc2c3c([nH]c12)CCNC3. The number of fused-ring (bicyclic) bond motifs is 3. The van der Waals surface area contributed by atoms with Crippen molar-refractivity contribution in [3.05, 3.63) is 27.9 Å². The Balaban J connectivity index is 2.04. The van der Waals surface area contributed by atoms with E-state index in [1.165, 1.54) is 31.5 Å². The van der Waals surface area contributed by atoms with Crippen LogP contribution in [0, 0.1) is 0 Å². The Morgan fingerprint density at radius 3 is 3.11 bits per heavy atom. The van der Waals surface area contributed by atoms with Crippen LogP contribution in [0.15, 0.2) is 21.5 Å². The lowest BCUT2D eigenvalue weighted by Gasteiger charge is -2.12. The molecular formula is C14H16BrClN2S. The maximum absolute atomic E-state index is 5.77. The van der Waals surface area contributed by atoms with Crippen LogP contribution in [-0.2, 0) is 13.0 Å². The number of benzene rings is 1. The molecule has 5 heteroatoms. The van der Waals surface area contributed by atoms with Gasteiger partial charge in [0.05, 0.1) is 5.52 Å². The first-order chi connectivity index (χ1) is 9.31. The molecule has 0 saturated carbocycles. The van der Waals surface area contributed by atoms with Gasteiger partial charge in [-0.2, -0.15) is 0 Å². The number of thioether (sulfide) groups is 1. The summed E-state index contributed by atoms with van der Waals surface area (Å²) in [5, 5.41) is 4.81. The molecule has 1 aromatic carbocycles. The monoisotopic (exact) mass is 358 g/mol. The van der Waals surface area contributed by atoms with Crippen molar-refractivity contribution in [2.24, 2.45) is 0 Å². The molecule has 2 aromatic rings. The van der Waals surface area contributed by atoms with Gasteiger partial charge >= 0.3 is 0 Å². The van der Waals surface area contributed by atoms with E-state index in [-0.39, 0.29) is 0 Å². The molecule has 0 spiro atoms. The molecule has 1 aliphatic heterocycles. The van der Waals surface area contributed by atoms with E-state index in [1.54, 1.807) is 0 Å². The molecule has 102 valence electrons. The van der Waals surface area contributed by atoms with Gasteiger partial charge in [0.2, 0.25) is 0 Å². The first kappa shape index (κ1) is 13.8. The fraction of sp³-hybridized carbons (Fsp3) is 0.429. The van der Waals surface area contributed by atoms with Crippen LogP contribution in [0.4, 0.5) is 0 Å². The molecule has 0 bridgehead atoms. The van der Waals surface area contributed by atoms with Crippen molar-refractivity contribution in [2.45, 2.75) is 24.3 Å². The van der Waals surface area contributed by atoms with E-state index in [0.717, 1.165) is 37.6 Å². The van der Waals surface area contributed by atoms with E-state index in [1.807, 2.05) is 11.8 Å². The molecule has 0 fully saturated rings. The van der Waals surface area contributed by atoms with E-state index in [2.05, 4.69) is 38.4 Å². The quantitative estimate of drug-likeness (QED) is 0.484. The molecule has 1 aliphatic rings. The highest BCUT2D eigenvalue weighted by atomic mass is 79.9. The zero-order valence-corrected chi connectivity index (χ0v) is 13.7. The molecule has 2 heterocycles. The zero-order valence-electron chi connectivity index (χ0n) is 10.6. The van der Waals surface area contributed by atoms with Crippen molar-refractivity contribution in [1.82, 2.24) is 10.3 Å². The number of halogens is 2. The molecule has 0 unspecified atom stereocenters. The van der Waals surface area contributed by atoms with E-state index in [4.69, 9.17) is 11.6 Å². The van der Waals surface area contributed by atoms with Crippen LogP contribution in [0.3, 0.4) is 0 Å². The predicted molar refractivity (Wildman–Crippen MR) is 87.5 cm³/mol. The van der Waals surface area contributed by atoms with Crippen LogP contribution >= 0.6 is 39.3 Å². The summed E-state index contributed by atoms with van der Waals surface area (Å²) in [6.07, 6.45) is 2.13. The second kappa shape index (κ2) is 6.08. The lowest BCUT2D eigenvalue weighted by molar-refractivity contribution is 0.641. The van der Waals surface area contributed by atoms with E-state index < -0.39 is 0 Å². The summed E-state index contributed by atoms with van der Waals surface area (Å²) < 4.78 is 1.17. The molecule has 0 amide bonds. The summed E-state index contributed by atoms with van der Waals surface area (Å²) >= 11 is 11.3. The van der Waals surface area contributed by atoms with E-state index in [0.29, 0.717) is 0 Å². The fourth-order valence-electron chi connectivity index (χ4n) is 2.53. The summed E-state index contributed by atoms with van der Waals surface area (Å²) in [4.78, 5) is 4.95. The molecule has 0 aliphatic carbocycles. The molecule has 0 atom stereocenters. The molecule has 0 saturated heterocycles. The number of aromatic nitrogens is 1. The first-order valence-corrected chi connectivity index (χ1v) is 8.84. The number of H-pyrrole nitrogens is 1. The molecule has 0 radical (unpaired) electrons. The van der Waals surface area contributed by atoms with Crippen molar-refractivity contribution < 1.29 is 0 Å². The van der Waals surface area contributed by atoms with Gasteiger partial charge in [0.25, 0.3) is 0 Å². The highest BCUT2D eigenvalue weighted by Gasteiger charge is 2.18. The third-order valence-corrected chi connectivity index (χ3v) is 5.85. The average molecular weight is 360 g/mol. The van der Waals surface area contributed by atoms with Crippen molar-refractivity contribution in [2.75, 3.05) is 18.2 Å². The van der Waals surface area contributed by atoms with Crippen molar-refractivity contribution >= 4 is 50.2 Å². The summed E-state index contributed by atoms with van der Waals surface area (Å²) in [7, 11) is 0. The predicted octanol–water partition coefficient (Wildman–Crippen LogP) is 4.30. The Bertz CT molecular complexity index is 597. The van der Waals surface area contributed by atoms with Gasteiger partial charge in [-0.1, -0.05) is 6.07 Å². The number of hydrogen-bond donors (Lipinski definition) is 2. The van der Waals surface area contributed by atoms with Crippen molar-refractivity contribution in [3.8, 4) is 0 Å². The number of nitrogens with one attached hydrogen (secondary N) is 2. The lowest BCUT2D eigenvalue weighted by Crippen LogP contribution is -2.22. The van der Waals surface area contributed by atoms with Gasteiger partial charge < -0.3 is 10.3 Å². The molecule has 2 N–H and O–H groups in total. The second-order valence-electron chi connectivity index (χ2n) is 4.70. The summed E-state index contributed by atoms with van der Waals surface area (Å²) in [5.74, 6) is 1.79. The zero-order chi connectivity index (χ0) is 13.2. The third-order valence-electron chi connectivity index (χ3n) is 3.45. The van der Waals surface area contributed by atoms with Crippen LogP contribution in [0.1, 0.15) is 17.7 Å². The van der Waals surface area contributed by atoms with Gasteiger partial charge in [-0.15, -0.1) is 23.4 Å². The standard InChI is InChI=1S/C14H16BrClN2S/c15-11-3-2-9-10-8-17-6-4-12(10)18-13(9)14(11)19-7-1-5-16/h2-3,17-18H,1,4-8H2. The Kier molecular flexibility index (Phi) is 4.42. The minimum Gasteiger partial charge on any atom is -0.357 e. The summed E-state index contributed by atoms with van der Waals surface area (Å²) in [6, 6.07) is 4.38. The van der Waals surface area contributed by atoms with E-state index in [9.17, 15) is 0 Å². The van der Waals surface area contributed by atoms with Gasteiger partial charge in [-0.05, 0) is 39.7 Å². The minimum absolute atomic E-state index is 0.728. The summed E-state index contributed by atoms with van der Waals surface area (Å²) in [5.41, 5.74) is 4.11. The van der Waals surface area contributed by atoms with Gasteiger partial charge in [0, 0.05) is 45.8 Å².